The van der Waals surface area contributed by atoms with Gasteiger partial charge in [0.25, 0.3) is 0 Å². The van der Waals surface area contributed by atoms with Crippen molar-refractivity contribution in [2.75, 3.05) is 25.0 Å². The van der Waals surface area contributed by atoms with E-state index in [0.717, 1.165) is 23.0 Å². The summed E-state index contributed by atoms with van der Waals surface area (Å²) >= 11 is 3.40. The van der Waals surface area contributed by atoms with Crippen molar-refractivity contribution < 1.29 is 13.2 Å². The maximum Gasteiger partial charge on any atom is 0.401 e. The Morgan fingerprint density at radius 3 is 2.53 bits per heavy atom. The van der Waals surface area contributed by atoms with Gasteiger partial charge in [0.05, 0.1) is 6.54 Å². The lowest BCUT2D eigenvalue weighted by atomic mass is 10.3. The fourth-order valence-corrected chi connectivity index (χ4v) is 2.42. The van der Waals surface area contributed by atoms with Crippen LogP contribution in [0.1, 0.15) is 12.8 Å². The first-order chi connectivity index (χ1) is 8.96. The third-order valence-corrected chi connectivity index (χ3v) is 3.73. The summed E-state index contributed by atoms with van der Waals surface area (Å²) in [5, 5.41) is 3.16. The average Bonchev–Trinajstić information content (AvgIpc) is 3.12. The van der Waals surface area contributed by atoms with Gasteiger partial charge in [-0.3, -0.25) is 4.90 Å². The number of rotatable bonds is 6. The third kappa shape index (κ3) is 5.03. The summed E-state index contributed by atoms with van der Waals surface area (Å²) in [6.07, 6.45) is -2.36. The van der Waals surface area contributed by atoms with Crippen molar-refractivity contribution in [3.63, 3.8) is 0 Å². The highest BCUT2D eigenvalue weighted by molar-refractivity contribution is 9.10. The average molecular weight is 337 g/mol. The summed E-state index contributed by atoms with van der Waals surface area (Å²) < 4.78 is 38.2. The van der Waals surface area contributed by atoms with Gasteiger partial charge in [-0.05, 0) is 40.9 Å². The summed E-state index contributed by atoms with van der Waals surface area (Å²) in [5.41, 5.74) is 0.908. The Morgan fingerprint density at radius 2 is 1.95 bits per heavy atom. The first kappa shape index (κ1) is 14.7. The minimum Gasteiger partial charge on any atom is -0.383 e. The molecule has 0 heterocycles. The molecular formula is C13H16BrF3N2. The number of para-hydroxylation sites is 1. The minimum atomic E-state index is -4.12. The summed E-state index contributed by atoms with van der Waals surface area (Å²) in [7, 11) is 0. The SMILES string of the molecule is FC(F)(F)CN(CCNc1ccccc1Br)C1CC1. The van der Waals surface area contributed by atoms with Gasteiger partial charge in [0.2, 0.25) is 0 Å². The molecule has 1 N–H and O–H groups in total. The molecule has 1 aliphatic rings. The van der Waals surface area contributed by atoms with Gasteiger partial charge in [-0.2, -0.15) is 13.2 Å². The van der Waals surface area contributed by atoms with E-state index in [2.05, 4.69) is 21.2 Å². The highest BCUT2D eigenvalue weighted by Crippen LogP contribution is 2.30. The summed E-state index contributed by atoms with van der Waals surface area (Å²) in [6, 6.07) is 7.70. The van der Waals surface area contributed by atoms with E-state index in [1.165, 1.54) is 4.90 Å². The number of hydrogen-bond acceptors (Lipinski definition) is 2. The van der Waals surface area contributed by atoms with Gasteiger partial charge in [0.15, 0.2) is 0 Å². The maximum atomic E-state index is 12.4. The molecule has 0 saturated heterocycles. The molecule has 2 rings (SSSR count). The Morgan fingerprint density at radius 1 is 1.26 bits per heavy atom. The largest absolute Gasteiger partial charge is 0.401 e. The van der Waals surface area contributed by atoms with E-state index in [1.54, 1.807) is 0 Å². The minimum absolute atomic E-state index is 0.114. The number of nitrogens with one attached hydrogen (secondary N) is 1. The van der Waals surface area contributed by atoms with Crippen LogP contribution in [0.15, 0.2) is 28.7 Å². The Balaban J connectivity index is 1.81. The predicted molar refractivity (Wildman–Crippen MR) is 73.3 cm³/mol. The predicted octanol–water partition coefficient (Wildman–Crippen LogP) is 3.89. The first-order valence-corrected chi connectivity index (χ1v) is 7.04. The van der Waals surface area contributed by atoms with Gasteiger partial charge in [-0.15, -0.1) is 0 Å². The van der Waals surface area contributed by atoms with E-state index in [0.29, 0.717) is 13.1 Å². The van der Waals surface area contributed by atoms with E-state index < -0.39 is 12.7 Å². The normalized spacial score (nSPS) is 15.8. The van der Waals surface area contributed by atoms with Crippen molar-refractivity contribution in [3.05, 3.63) is 28.7 Å². The van der Waals surface area contributed by atoms with E-state index in [9.17, 15) is 13.2 Å². The molecule has 1 aromatic rings. The molecule has 0 bridgehead atoms. The van der Waals surface area contributed by atoms with Crippen molar-refractivity contribution in [2.24, 2.45) is 0 Å². The van der Waals surface area contributed by atoms with Crippen LogP contribution in [0.5, 0.6) is 0 Å². The molecule has 2 nitrogen and oxygen atoms in total. The fraction of sp³-hybridized carbons (Fsp3) is 0.538. The molecule has 0 radical (unpaired) electrons. The third-order valence-electron chi connectivity index (χ3n) is 3.03. The Labute approximate surface area is 119 Å². The van der Waals surface area contributed by atoms with Crippen LogP contribution in [0.25, 0.3) is 0 Å². The number of hydrogen-bond donors (Lipinski definition) is 1. The van der Waals surface area contributed by atoms with Gasteiger partial charge in [-0.1, -0.05) is 12.1 Å². The van der Waals surface area contributed by atoms with E-state index in [4.69, 9.17) is 0 Å². The molecule has 0 aromatic heterocycles. The number of nitrogens with zero attached hydrogens (tertiary/aromatic N) is 1. The van der Waals surface area contributed by atoms with E-state index in [1.807, 2.05) is 24.3 Å². The molecule has 0 aliphatic heterocycles. The molecule has 1 fully saturated rings. The van der Waals surface area contributed by atoms with Gasteiger partial charge in [-0.25, -0.2) is 0 Å². The van der Waals surface area contributed by atoms with Crippen molar-refractivity contribution in [2.45, 2.75) is 25.1 Å². The lowest BCUT2D eigenvalue weighted by Crippen LogP contribution is -2.38. The molecule has 0 spiro atoms. The summed E-state index contributed by atoms with van der Waals surface area (Å²) in [4.78, 5) is 1.52. The van der Waals surface area contributed by atoms with Gasteiger partial charge in [0.1, 0.15) is 0 Å². The van der Waals surface area contributed by atoms with Crippen LogP contribution in [0.4, 0.5) is 18.9 Å². The monoisotopic (exact) mass is 336 g/mol. The van der Waals surface area contributed by atoms with E-state index in [-0.39, 0.29) is 6.04 Å². The van der Waals surface area contributed by atoms with Crippen LogP contribution in [-0.4, -0.2) is 36.8 Å². The summed E-state index contributed by atoms with van der Waals surface area (Å²) in [5.74, 6) is 0. The van der Waals surface area contributed by atoms with Gasteiger partial charge < -0.3 is 5.32 Å². The molecule has 1 saturated carbocycles. The standard InChI is InChI=1S/C13H16BrF3N2/c14-11-3-1-2-4-12(11)18-7-8-19(10-5-6-10)9-13(15,16)17/h1-4,10,18H,5-9H2. The fourth-order valence-electron chi connectivity index (χ4n) is 2.00. The highest BCUT2D eigenvalue weighted by atomic mass is 79.9. The van der Waals surface area contributed by atoms with E-state index >= 15 is 0 Å². The summed E-state index contributed by atoms with van der Waals surface area (Å²) in [6.45, 7) is 0.107. The highest BCUT2D eigenvalue weighted by Gasteiger charge is 2.37. The first-order valence-electron chi connectivity index (χ1n) is 6.25. The topological polar surface area (TPSA) is 15.3 Å². The quantitative estimate of drug-likeness (QED) is 0.847. The number of alkyl halides is 3. The molecule has 1 aromatic carbocycles. The van der Waals surface area contributed by atoms with Crippen LogP contribution < -0.4 is 5.32 Å². The van der Waals surface area contributed by atoms with Crippen LogP contribution >= 0.6 is 15.9 Å². The molecule has 6 heteroatoms. The zero-order valence-corrected chi connectivity index (χ0v) is 12.0. The van der Waals surface area contributed by atoms with Crippen molar-refractivity contribution >= 4 is 21.6 Å². The van der Waals surface area contributed by atoms with Crippen molar-refractivity contribution in [3.8, 4) is 0 Å². The second kappa shape index (κ2) is 6.13. The Kier molecular flexibility index (Phi) is 4.73. The van der Waals surface area contributed by atoms with Crippen LogP contribution in [0, 0.1) is 0 Å². The van der Waals surface area contributed by atoms with Gasteiger partial charge >= 0.3 is 6.18 Å². The number of anilines is 1. The molecular weight excluding hydrogens is 321 g/mol. The Bertz CT molecular complexity index is 419. The number of benzene rings is 1. The molecule has 19 heavy (non-hydrogen) atoms. The molecule has 0 unspecified atom stereocenters. The second-order valence-corrected chi connectivity index (χ2v) is 5.58. The molecule has 0 amide bonds. The lowest BCUT2D eigenvalue weighted by Gasteiger charge is -2.23. The smallest absolute Gasteiger partial charge is 0.383 e. The maximum absolute atomic E-state index is 12.4. The Hall–Kier alpha value is -0.750. The number of halogens is 4. The lowest BCUT2D eigenvalue weighted by molar-refractivity contribution is -0.146. The van der Waals surface area contributed by atoms with Crippen LogP contribution in [0.3, 0.4) is 0 Å². The zero-order valence-electron chi connectivity index (χ0n) is 10.4. The van der Waals surface area contributed by atoms with Crippen molar-refractivity contribution in [1.29, 1.82) is 0 Å². The molecule has 0 atom stereocenters. The second-order valence-electron chi connectivity index (χ2n) is 4.72. The molecule has 106 valence electrons. The van der Waals surface area contributed by atoms with Crippen molar-refractivity contribution in [1.82, 2.24) is 4.90 Å². The van der Waals surface area contributed by atoms with Crippen LogP contribution in [0.2, 0.25) is 0 Å². The van der Waals surface area contributed by atoms with Gasteiger partial charge in [0, 0.05) is 29.3 Å². The van der Waals surface area contributed by atoms with Crippen LogP contribution in [-0.2, 0) is 0 Å². The zero-order chi connectivity index (χ0) is 13.9. The molecule has 1 aliphatic carbocycles.